The smallest absolute Gasteiger partial charge is 0.271 e. The molecule has 22 heavy (non-hydrogen) atoms. The monoisotopic (exact) mass is 306 g/mol. The summed E-state index contributed by atoms with van der Waals surface area (Å²) in [4.78, 5) is 36.5. The lowest BCUT2D eigenvalue weighted by molar-refractivity contribution is -0.149. The Morgan fingerprint density at radius 2 is 2.09 bits per heavy atom. The highest BCUT2D eigenvalue weighted by atomic mass is 16.5. The molecule has 2 aliphatic heterocycles. The van der Waals surface area contributed by atoms with Crippen molar-refractivity contribution in [3.05, 3.63) is 17.5 Å². The van der Waals surface area contributed by atoms with Crippen LogP contribution in [0.25, 0.3) is 0 Å². The van der Waals surface area contributed by atoms with E-state index in [9.17, 15) is 14.4 Å². The highest BCUT2D eigenvalue weighted by Crippen LogP contribution is 2.28. The second-order valence-corrected chi connectivity index (χ2v) is 5.76. The van der Waals surface area contributed by atoms with Gasteiger partial charge in [-0.2, -0.15) is 5.10 Å². The number of H-pyrrole nitrogens is 1. The Morgan fingerprint density at radius 1 is 1.36 bits per heavy atom. The Bertz CT molecular complexity index is 604. The molecule has 2 amide bonds. The molecule has 2 aliphatic rings. The van der Waals surface area contributed by atoms with Gasteiger partial charge in [-0.05, 0) is 18.9 Å². The summed E-state index contributed by atoms with van der Waals surface area (Å²) in [5.41, 5.74) is 0.220. The summed E-state index contributed by atoms with van der Waals surface area (Å²) in [5.74, 6) is -0.452. The van der Waals surface area contributed by atoms with Crippen LogP contribution in [0.3, 0.4) is 0 Å². The van der Waals surface area contributed by atoms with Crippen LogP contribution in [0.15, 0.2) is 6.07 Å². The maximum Gasteiger partial charge on any atom is 0.271 e. The highest BCUT2D eigenvalue weighted by molar-refractivity contribution is 5.97. The van der Waals surface area contributed by atoms with Crippen molar-refractivity contribution in [2.45, 2.75) is 25.4 Å². The van der Waals surface area contributed by atoms with Crippen LogP contribution in [0.5, 0.6) is 0 Å². The molecule has 2 fully saturated rings. The Hall–Kier alpha value is -2.22. The summed E-state index contributed by atoms with van der Waals surface area (Å²) in [6, 6.07) is 1.48. The molecule has 8 heteroatoms. The molecule has 0 unspecified atom stereocenters. The van der Waals surface area contributed by atoms with Crippen LogP contribution >= 0.6 is 0 Å². The molecule has 0 aromatic carbocycles. The minimum absolute atomic E-state index is 0.0798. The van der Waals surface area contributed by atoms with Crippen molar-refractivity contribution in [3.63, 3.8) is 0 Å². The lowest BCUT2D eigenvalue weighted by Gasteiger charge is -2.43. The molecule has 2 N–H and O–H groups in total. The largest absolute Gasteiger partial charge is 0.363 e. The van der Waals surface area contributed by atoms with Crippen LogP contribution < -0.4 is 5.32 Å². The van der Waals surface area contributed by atoms with Gasteiger partial charge in [0.1, 0.15) is 18.0 Å². The van der Waals surface area contributed by atoms with Gasteiger partial charge in [-0.3, -0.25) is 19.5 Å². The number of carbonyl (C=O) groups is 3. The van der Waals surface area contributed by atoms with E-state index in [-0.39, 0.29) is 35.5 Å². The molecule has 3 rings (SSSR count). The number of rotatable bonds is 2. The SMILES string of the molecule is CC(=O)c1cc(C(=O)N2CCC3(CC2)CNC(=O)CO3)[nH]n1. The lowest BCUT2D eigenvalue weighted by Crippen LogP contribution is -2.58. The zero-order valence-corrected chi connectivity index (χ0v) is 12.3. The highest BCUT2D eigenvalue weighted by Gasteiger charge is 2.40. The maximum atomic E-state index is 12.4. The molecular formula is C14H18N4O4. The minimum atomic E-state index is -0.358. The summed E-state index contributed by atoms with van der Waals surface area (Å²) in [6.07, 6.45) is 1.35. The van der Waals surface area contributed by atoms with Crippen LogP contribution in [0.1, 0.15) is 40.7 Å². The number of likely N-dealkylation sites (tertiary alicyclic amines) is 1. The molecule has 1 aromatic rings. The van der Waals surface area contributed by atoms with Crippen molar-refractivity contribution in [1.82, 2.24) is 20.4 Å². The quantitative estimate of drug-likeness (QED) is 0.732. The van der Waals surface area contributed by atoms with Gasteiger partial charge in [0, 0.05) is 26.6 Å². The van der Waals surface area contributed by atoms with Gasteiger partial charge < -0.3 is 15.0 Å². The number of Topliss-reactive ketones (excluding diaryl/α,β-unsaturated/α-hetero) is 1. The fourth-order valence-electron chi connectivity index (χ4n) is 2.80. The summed E-state index contributed by atoms with van der Waals surface area (Å²) in [6.45, 7) is 3.07. The fourth-order valence-corrected chi connectivity index (χ4v) is 2.80. The second-order valence-electron chi connectivity index (χ2n) is 5.76. The van der Waals surface area contributed by atoms with Crippen molar-refractivity contribution in [2.24, 2.45) is 0 Å². The Kier molecular flexibility index (Phi) is 3.69. The fraction of sp³-hybridized carbons (Fsp3) is 0.571. The lowest BCUT2D eigenvalue weighted by atomic mass is 9.90. The molecule has 3 heterocycles. The first-order chi connectivity index (χ1) is 10.5. The number of piperidine rings is 1. The van der Waals surface area contributed by atoms with E-state index in [4.69, 9.17) is 4.74 Å². The van der Waals surface area contributed by atoms with E-state index in [2.05, 4.69) is 15.5 Å². The average Bonchev–Trinajstić information content (AvgIpc) is 3.01. The zero-order valence-electron chi connectivity index (χ0n) is 12.3. The van der Waals surface area contributed by atoms with E-state index in [0.717, 1.165) is 0 Å². The van der Waals surface area contributed by atoms with Crippen LogP contribution in [0.2, 0.25) is 0 Å². The number of ketones is 1. The van der Waals surface area contributed by atoms with E-state index in [1.54, 1.807) is 4.90 Å². The van der Waals surface area contributed by atoms with Gasteiger partial charge in [-0.25, -0.2) is 0 Å². The van der Waals surface area contributed by atoms with Gasteiger partial charge in [0.2, 0.25) is 5.91 Å². The number of hydrogen-bond acceptors (Lipinski definition) is 5. The number of morpholine rings is 1. The summed E-state index contributed by atoms with van der Waals surface area (Å²) < 4.78 is 5.67. The van der Waals surface area contributed by atoms with Gasteiger partial charge in [-0.1, -0.05) is 0 Å². The summed E-state index contributed by atoms with van der Waals surface area (Å²) >= 11 is 0. The van der Waals surface area contributed by atoms with Gasteiger partial charge in [0.25, 0.3) is 5.91 Å². The first-order valence-electron chi connectivity index (χ1n) is 7.25. The third kappa shape index (κ3) is 2.74. The normalized spacial score (nSPS) is 20.8. The number of aromatic nitrogens is 2. The standard InChI is InChI=1S/C14H18N4O4/c1-9(19)10-6-11(17-16-10)13(21)18-4-2-14(3-5-18)8-15-12(20)7-22-14/h6H,2-5,7-8H2,1H3,(H,15,20)(H,16,17). The Balaban J connectivity index is 1.62. The Labute approximate surface area is 127 Å². The first kappa shape index (κ1) is 14.7. The maximum absolute atomic E-state index is 12.4. The van der Waals surface area contributed by atoms with Crippen LogP contribution in [0, 0.1) is 0 Å². The number of aromatic amines is 1. The molecule has 1 spiro atoms. The predicted octanol–water partition coefficient (Wildman–Crippen LogP) is -0.266. The van der Waals surface area contributed by atoms with Gasteiger partial charge in [0.05, 0.1) is 5.60 Å². The van der Waals surface area contributed by atoms with Crippen LogP contribution in [0.4, 0.5) is 0 Å². The number of ether oxygens (including phenoxy) is 1. The summed E-state index contributed by atoms with van der Waals surface area (Å²) in [7, 11) is 0. The van der Waals surface area contributed by atoms with E-state index in [0.29, 0.717) is 38.2 Å². The van der Waals surface area contributed by atoms with E-state index in [1.165, 1.54) is 13.0 Å². The Morgan fingerprint density at radius 3 is 2.64 bits per heavy atom. The predicted molar refractivity (Wildman–Crippen MR) is 75.4 cm³/mol. The first-order valence-corrected chi connectivity index (χ1v) is 7.25. The van der Waals surface area contributed by atoms with E-state index in [1.807, 2.05) is 0 Å². The van der Waals surface area contributed by atoms with E-state index < -0.39 is 0 Å². The summed E-state index contributed by atoms with van der Waals surface area (Å²) in [5, 5.41) is 9.25. The molecule has 0 radical (unpaired) electrons. The van der Waals surface area contributed by atoms with Crippen molar-refractivity contribution in [1.29, 1.82) is 0 Å². The third-order valence-corrected chi connectivity index (χ3v) is 4.25. The number of carbonyl (C=O) groups excluding carboxylic acids is 3. The van der Waals surface area contributed by atoms with Crippen molar-refractivity contribution >= 4 is 17.6 Å². The van der Waals surface area contributed by atoms with Gasteiger partial charge in [0.15, 0.2) is 5.78 Å². The van der Waals surface area contributed by atoms with Crippen LogP contribution in [-0.4, -0.2) is 64.5 Å². The van der Waals surface area contributed by atoms with Gasteiger partial charge in [-0.15, -0.1) is 0 Å². The van der Waals surface area contributed by atoms with Gasteiger partial charge >= 0.3 is 0 Å². The molecule has 0 bridgehead atoms. The molecular weight excluding hydrogens is 288 g/mol. The third-order valence-electron chi connectivity index (χ3n) is 4.25. The van der Waals surface area contributed by atoms with Crippen LogP contribution in [-0.2, 0) is 9.53 Å². The number of nitrogens with zero attached hydrogens (tertiary/aromatic N) is 2. The zero-order chi connectivity index (χ0) is 15.7. The average molecular weight is 306 g/mol. The minimum Gasteiger partial charge on any atom is -0.363 e. The van der Waals surface area contributed by atoms with Crippen molar-refractivity contribution in [2.75, 3.05) is 26.2 Å². The molecule has 2 saturated heterocycles. The molecule has 0 atom stereocenters. The molecule has 1 aromatic heterocycles. The van der Waals surface area contributed by atoms with Crippen molar-refractivity contribution in [3.8, 4) is 0 Å². The number of hydrogen-bond donors (Lipinski definition) is 2. The molecule has 118 valence electrons. The number of amides is 2. The molecule has 0 saturated carbocycles. The second kappa shape index (κ2) is 5.53. The molecule has 0 aliphatic carbocycles. The topological polar surface area (TPSA) is 104 Å². The van der Waals surface area contributed by atoms with E-state index >= 15 is 0 Å². The molecule has 8 nitrogen and oxygen atoms in total. The van der Waals surface area contributed by atoms with Crippen molar-refractivity contribution < 1.29 is 19.1 Å². The number of nitrogens with one attached hydrogen (secondary N) is 2.